The van der Waals surface area contributed by atoms with Crippen molar-refractivity contribution in [2.24, 2.45) is 0 Å². The number of nitrogens with zero attached hydrogens (tertiary/aromatic N) is 2. The van der Waals surface area contributed by atoms with Crippen LogP contribution in [-0.4, -0.2) is 22.7 Å². The number of carbonyl (C=O) groups excluding carboxylic acids is 1. The van der Waals surface area contributed by atoms with Crippen LogP contribution in [0.15, 0.2) is 22.7 Å². The van der Waals surface area contributed by atoms with Gasteiger partial charge in [0.05, 0.1) is 17.2 Å². The summed E-state index contributed by atoms with van der Waals surface area (Å²) in [5, 5.41) is 3.89. The average Bonchev–Trinajstić information content (AvgIpc) is 2.78. The van der Waals surface area contributed by atoms with E-state index in [1.165, 1.54) is 0 Å². The lowest BCUT2D eigenvalue weighted by atomic mass is 10.2. The second-order valence-corrected chi connectivity index (χ2v) is 3.75. The minimum atomic E-state index is -0.655. The molecule has 1 heterocycles. The Kier molecular flexibility index (Phi) is 3.47. The maximum absolute atomic E-state index is 11.4. The van der Waals surface area contributed by atoms with Crippen molar-refractivity contribution in [1.82, 2.24) is 10.1 Å². The molecule has 0 amide bonds. The first kappa shape index (κ1) is 12.4. The van der Waals surface area contributed by atoms with Gasteiger partial charge in [-0.2, -0.15) is 4.98 Å². The molecule has 0 radical (unpaired) electrons. The first-order chi connectivity index (χ1) is 8.63. The first-order valence-corrected chi connectivity index (χ1v) is 5.56. The van der Waals surface area contributed by atoms with E-state index in [1.54, 1.807) is 25.1 Å². The highest BCUT2D eigenvalue weighted by molar-refractivity contribution is 6.33. The summed E-state index contributed by atoms with van der Waals surface area (Å²) >= 11 is 5.99. The summed E-state index contributed by atoms with van der Waals surface area (Å²) in [6, 6.07) is 4.99. The van der Waals surface area contributed by atoms with E-state index in [-0.39, 0.29) is 18.3 Å². The van der Waals surface area contributed by atoms with Gasteiger partial charge in [0.25, 0.3) is 11.7 Å². The number of benzene rings is 1. The predicted molar refractivity (Wildman–Crippen MR) is 65.1 cm³/mol. The molecule has 6 nitrogen and oxygen atoms in total. The molecule has 0 aliphatic rings. The summed E-state index contributed by atoms with van der Waals surface area (Å²) in [5.74, 6) is -0.731. The normalized spacial score (nSPS) is 10.3. The van der Waals surface area contributed by atoms with E-state index in [0.29, 0.717) is 16.3 Å². The fourth-order valence-corrected chi connectivity index (χ4v) is 1.63. The number of halogens is 1. The monoisotopic (exact) mass is 267 g/mol. The number of hydrogen-bond donors (Lipinski definition) is 1. The number of hydrogen-bond acceptors (Lipinski definition) is 6. The Morgan fingerprint density at radius 3 is 3.00 bits per heavy atom. The number of esters is 1. The van der Waals surface area contributed by atoms with Crippen LogP contribution in [0.2, 0.25) is 5.02 Å². The SMILES string of the molecule is CCOC(=O)c1noc(-c2c(N)cccc2Cl)n1. The highest BCUT2D eigenvalue weighted by Gasteiger charge is 2.19. The quantitative estimate of drug-likeness (QED) is 0.677. The molecular formula is C11H10ClN3O3. The zero-order chi connectivity index (χ0) is 13.1. The van der Waals surface area contributed by atoms with Gasteiger partial charge in [-0.15, -0.1) is 0 Å². The Bertz CT molecular complexity index is 562. The van der Waals surface area contributed by atoms with Crippen molar-refractivity contribution in [2.45, 2.75) is 6.92 Å². The Balaban J connectivity index is 2.38. The summed E-state index contributed by atoms with van der Waals surface area (Å²) in [7, 11) is 0. The maximum Gasteiger partial charge on any atom is 0.379 e. The van der Waals surface area contributed by atoms with E-state index < -0.39 is 5.97 Å². The van der Waals surface area contributed by atoms with Crippen molar-refractivity contribution in [3.63, 3.8) is 0 Å². The number of nitrogen functional groups attached to an aromatic ring is 1. The van der Waals surface area contributed by atoms with Crippen molar-refractivity contribution in [1.29, 1.82) is 0 Å². The van der Waals surface area contributed by atoms with E-state index >= 15 is 0 Å². The smallest absolute Gasteiger partial charge is 0.379 e. The third kappa shape index (κ3) is 2.28. The van der Waals surface area contributed by atoms with Gasteiger partial charge in [0, 0.05) is 5.69 Å². The Morgan fingerprint density at radius 1 is 1.56 bits per heavy atom. The van der Waals surface area contributed by atoms with Crippen LogP contribution in [0, 0.1) is 0 Å². The largest absolute Gasteiger partial charge is 0.460 e. The number of nitrogens with two attached hydrogens (primary N) is 1. The lowest BCUT2D eigenvalue weighted by Crippen LogP contribution is -2.06. The molecule has 18 heavy (non-hydrogen) atoms. The Morgan fingerprint density at radius 2 is 2.33 bits per heavy atom. The molecule has 0 bridgehead atoms. The molecule has 2 rings (SSSR count). The minimum Gasteiger partial charge on any atom is -0.460 e. The highest BCUT2D eigenvalue weighted by Crippen LogP contribution is 2.31. The van der Waals surface area contributed by atoms with Crippen LogP contribution < -0.4 is 5.73 Å². The molecular weight excluding hydrogens is 258 g/mol. The molecule has 1 aromatic heterocycles. The number of rotatable bonds is 3. The summed E-state index contributed by atoms with van der Waals surface area (Å²) < 4.78 is 9.70. The molecule has 0 atom stereocenters. The van der Waals surface area contributed by atoms with Gasteiger partial charge in [-0.05, 0) is 24.2 Å². The molecule has 0 aliphatic carbocycles. The number of carbonyl (C=O) groups is 1. The van der Waals surface area contributed by atoms with Gasteiger partial charge in [-0.1, -0.05) is 17.7 Å². The van der Waals surface area contributed by atoms with Crippen molar-refractivity contribution in [3.8, 4) is 11.5 Å². The summed E-state index contributed by atoms with van der Waals surface area (Å²) in [4.78, 5) is 15.3. The van der Waals surface area contributed by atoms with Crippen LogP contribution >= 0.6 is 11.6 Å². The fourth-order valence-electron chi connectivity index (χ4n) is 1.37. The third-order valence-corrected chi connectivity index (χ3v) is 2.46. The Labute approximate surface area is 108 Å². The molecule has 94 valence electrons. The van der Waals surface area contributed by atoms with Crippen LogP contribution in [0.25, 0.3) is 11.5 Å². The van der Waals surface area contributed by atoms with E-state index in [4.69, 9.17) is 26.6 Å². The topological polar surface area (TPSA) is 91.2 Å². The van der Waals surface area contributed by atoms with Crippen LogP contribution in [0.1, 0.15) is 17.5 Å². The molecule has 0 saturated heterocycles. The molecule has 1 aromatic carbocycles. The predicted octanol–water partition coefficient (Wildman–Crippen LogP) is 2.15. The maximum atomic E-state index is 11.4. The lowest BCUT2D eigenvalue weighted by Gasteiger charge is -2.01. The van der Waals surface area contributed by atoms with Crippen LogP contribution in [0.4, 0.5) is 5.69 Å². The summed E-state index contributed by atoms with van der Waals surface area (Å²) in [5.41, 5.74) is 6.56. The van der Waals surface area contributed by atoms with Gasteiger partial charge in [-0.3, -0.25) is 0 Å². The van der Waals surface area contributed by atoms with Gasteiger partial charge in [0.15, 0.2) is 0 Å². The second kappa shape index (κ2) is 5.05. The van der Waals surface area contributed by atoms with Gasteiger partial charge < -0.3 is 15.0 Å². The second-order valence-electron chi connectivity index (χ2n) is 3.35. The lowest BCUT2D eigenvalue weighted by molar-refractivity contribution is 0.0508. The summed E-state index contributed by atoms with van der Waals surface area (Å²) in [6.45, 7) is 1.92. The van der Waals surface area contributed by atoms with Crippen LogP contribution in [0.5, 0.6) is 0 Å². The molecule has 2 aromatic rings. The van der Waals surface area contributed by atoms with Crippen molar-refractivity contribution in [3.05, 3.63) is 29.0 Å². The molecule has 7 heteroatoms. The fraction of sp³-hybridized carbons (Fsp3) is 0.182. The number of aromatic nitrogens is 2. The van der Waals surface area contributed by atoms with Crippen molar-refractivity contribution in [2.75, 3.05) is 12.3 Å². The Hall–Kier alpha value is -2.08. The third-order valence-electron chi connectivity index (χ3n) is 2.14. The molecule has 0 saturated carbocycles. The molecule has 0 fully saturated rings. The minimum absolute atomic E-state index is 0.0844. The molecule has 0 spiro atoms. The highest BCUT2D eigenvalue weighted by atomic mass is 35.5. The van der Waals surface area contributed by atoms with Gasteiger partial charge in [0.2, 0.25) is 0 Å². The zero-order valence-corrected chi connectivity index (χ0v) is 10.3. The van der Waals surface area contributed by atoms with Crippen LogP contribution in [-0.2, 0) is 4.74 Å². The summed E-state index contributed by atoms with van der Waals surface area (Å²) in [6.07, 6.45) is 0. The molecule has 0 unspecified atom stereocenters. The van der Waals surface area contributed by atoms with E-state index in [1.807, 2.05) is 0 Å². The zero-order valence-electron chi connectivity index (χ0n) is 9.51. The van der Waals surface area contributed by atoms with E-state index in [0.717, 1.165) is 0 Å². The van der Waals surface area contributed by atoms with E-state index in [2.05, 4.69) is 10.1 Å². The van der Waals surface area contributed by atoms with Gasteiger partial charge in [-0.25, -0.2) is 4.79 Å². The number of ether oxygens (including phenoxy) is 1. The average molecular weight is 268 g/mol. The molecule has 0 aliphatic heterocycles. The first-order valence-electron chi connectivity index (χ1n) is 5.18. The van der Waals surface area contributed by atoms with Crippen molar-refractivity contribution >= 4 is 23.3 Å². The van der Waals surface area contributed by atoms with Gasteiger partial charge in [0.1, 0.15) is 0 Å². The standard InChI is InChI=1S/C11H10ClN3O3/c1-2-17-11(16)9-14-10(18-15-9)8-6(12)4-3-5-7(8)13/h3-5H,2,13H2,1H3. The van der Waals surface area contributed by atoms with Crippen LogP contribution in [0.3, 0.4) is 0 Å². The van der Waals surface area contributed by atoms with E-state index in [9.17, 15) is 4.79 Å². The number of anilines is 1. The van der Waals surface area contributed by atoms with Gasteiger partial charge >= 0.3 is 5.97 Å². The molecule has 2 N–H and O–H groups in total. The van der Waals surface area contributed by atoms with Crippen molar-refractivity contribution < 1.29 is 14.1 Å².